The fourth-order valence-electron chi connectivity index (χ4n) is 5.21. The van der Waals surface area contributed by atoms with E-state index >= 15 is 0 Å². The highest BCUT2D eigenvalue weighted by Crippen LogP contribution is 2.34. The lowest BCUT2D eigenvalue weighted by molar-refractivity contribution is 0.0294. The van der Waals surface area contributed by atoms with Crippen LogP contribution in [0.25, 0.3) is 10.9 Å². The van der Waals surface area contributed by atoms with Gasteiger partial charge in [0.25, 0.3) is 5.56 Å². The summed E-state index contributed by atoms with van der Waals surface area (Å²) >= 11 is 0. The van der Waals surface area contributed by atoms with E-state index in [1.54, 1.807) is 22.9 Å². The molecule has 2 aromatic heterocycles. The van der Waals surface area contributed by atoms with Crippen LogP contribution < -0.4 is 25.1 Å². The molecule has 5 heterocycles. The maximum Gasteiger partial charge on any atom is 0.251 e. The van der Waals surface area contributed by atoms with Gasteiger partial charge in [-0.2, -0.15) is 0 Å². The Morgan fingerprint density at radius 1 is 1.11 bits per heavy atom. The van der Waals surface area contributed by atoms with E-state index < -0.39 is 11.9 Å². The zero-order valence-electron chi connectivity index (χ0n) is 20.0. The van der Waals surface area contributed by atoms with Gasteiger partial charge in [0.1, 0.15) is 19.8 Å². The maximum atomic E-state index is 14.3. The lowest BCUT2D eigenvalue weighted by Crippen LogP contribution is -2.54. The molecule has 3 aliphatic heterocycles. The van der Waals surface area contributed by atoms with Crippen molar-refractivity contribution in [1.82, 2.24) is 19.8 Å². The second-order valence-corrected chi connectivity index (χ2v) is 9.24. The molecule has 0 unspecified atom stereocenters. The minimum Gasteiger partial charge on any atom is -0.486 e. The van der Waals surface area contributed by atoms with Gasteiger partial charge in [-0.15, -0.1) is 24.8 Å². The number of aliphatic hydroxyl groups excluding tert-OH is 1. The Hall–Kier alpha value is -2.63. The summed E-state index contributed by atoms with van der Waals surface area (Å²) in [5.41, 5.74) is 1.14. The van der Waals surface area contributed by atoms with Crippen LogP contribution in [-0.4, -0.2) is 71.2 Å². The van der Waals surface area contributed by atoms with Crippen molar-refractivity contribution in [3.8, 4) is 17.2 Å². The van der Waals surface area contributed by atoms with Gasteiger partial charge in [-0.1, -0.05) is 0 Å². The zero-order valence-corrected chi connectivity index (χ0v) is 21.6. The molecule has 0 radical (unpaired) electrons. The largest absolute Gasteiger partial charge is 0.486 e. The van der Waals surface area contributed by atoms with E-state index in [0.717, 1.165) is 24.0 Å². The van der Waals surface area contributed by atoms with Crippen molar-refractivity contribution in [3.63, 3.8) is 0 Å². The Kier molecular flexibility index (Phi) is 8.45. The summed E-state index contributed by atoms with van der Waals surface area (Å²) < 4.78 is 32.8. The van der Waals surface area contributed by atoms with E-state index in [1.165, 1.54) is 12.1 Å². The number of rotatable bonds is 5. The van der Waals surface area contributed by atoms with E-state index in [9.17, 15) is 14.3 Å². The molecule has 0 aliphatic carbocycles. The van der Waals surface area contributed by atoms with E-state index in [1.807, 2.05) is 6.07 Å². The second kappa shape index (κ2) is 11.4. The number of halogens is 3. The molecule has 0 amide bonds. The first kappa shape index (κ1) is 27.4. The fourth-order valence-corrected chi connectivity index (χ4v) is 5.21. The molecule has 1 fully saturated rings. The normalized spacial score (nSPS) is 22.5. The Morgan fingerprint density at radius 3 is 2.70 bits per heavy atom. The Morgan fingerprint density at radius 2 is 1.89 bits per heavy atom. The zero-order chi connectivity index (χ0) is 23.9. The number of hydrogen-bond acceptors (Lipinski definition) is 8. The van der Waals surface area contributed by atoms with Gasteiger partial charge in [-0.05, 0) is 31.2 Å². The number of nitrogens with one attached hydrogen (secondary N) is 1. The maximum absolute atomic E-state index is 14.3. The number of likely N-dealkylation sites (tertiary alicyclic amines) is 1. The minimum atomic E-state index is -0.581. The van der Waals surface area contributed by atoms with E-state index in [-0.39, 0.29) is 54.8 Å². The highest BCUT2D eigenvalue weighted by Gasteiger charge is 2.32. The number of β-amino-alcohol motifs (C(OH)–C–C–N with tert-alkyl or cyclic N) is 1. The smallest absolute Gasteiger partial charge is 0.251 e. The van der Waals surface area contributed by atoms with E-state index in [4.69, 9.17) is 14.2 Å². The molecule has 0 bridgehead atoms. The van der Waals surface area contributed by atoms with Gasteiger partial charge in [0.15, 0.2) is 23.1 Å². The molecule has 3 aromatic rings. The van der Waals surface area contributed by atoms with Gasteiger partial charge in [-0.25, -0.2) is 4.39 Å². The predicted octanol–water partition coefficient (Wildman–Crippen LogP) is 2.31. The monoisotopic (exact) mass is 554 g/mol. The fraction of sp³-hybridized carbons (Fsp3) is 0.440. The number of ether oxygens (including phenoxy) is 3. The molecule has 3 atom stereocenters. The van der Waals surface area contributed by atoms with Crippen LogP contribution in [0, 0.1) is 5.82 Å². The molecule has 3 aliphatic rings. The highest BCUT2D eigenvalue weighted by atomic mass is 35.5. The third kappa shape index (κ3) is 5.35. The van der Waals surface area contributed by atoms with Gasteiger partial charge in [-0.3, -0.25) is 19.2 Å². The summed E-state index contributed by atoms with van der Waals surface area (Å²) in [4.78, 5) is 19.3. The summed E-state index contributed by atoms with van der Waals surface area (Å²) in [6.45, 7) is 3.50. The molecular weight excluding hydrogens is 526 g/mol. The first-order valence-corrected chi connectivity index (χ1v) is 11.9. The van der Waals surface area contributed by atoms with E-state index in [2.05, 4.69) is 15.2 Å². The molecule has 200 valence electrons. The summed E-state index contributed by atoms with van der Waals surface area (Å²) in [6.07, 6.45) is 1.83. The summed E-state index contributed by atoms with van der Waals surface area (Å²) in [6, 6.07) is 7.75. The summed E-state index contributed by atoms with van der Waals surface area (Å²) in [5, 5.41) is 15.0. The number of piperidine rings is 1. The van der Waals surface area contributed by atoms with Crippen LogP contribution in [-0.2, 0) is 6.54 Å². The molecule has 1 aromatic carbocycles. The number of aliphatic hydroxyl groups is 1. The van der Waals surface area contributed by atoms with Gasteiger partial charge in [0.2, 0.25) is 0 Å². The Bertz CT molecular complexity index is 1330. The molecule has 0 saturated carbocycles. The van der Waals surface area contributed by atoms with Crippen LogP contribution >= 0.6 is 24.8 Å². The van der Waals surface area contributed by atoms with Crippen molar-refractivity contribution in [2.24, 2.45) is 0 Å². The van der Waals surface area contributed by atoms with Crippen molar-refractivity contribution in [2.45, 2.75) is 31.2 Å². The number of benzene rings is 1. The summed E-state index contributed by atoms with van der Waals surface area (Å²) in [5.74, 6) is 1.01. The molecule has 12 heteroatoms. The van der Waals surface area contributed by atoms with Crippen LogP contribution in [0.5, 0.6) is 17.2 Å². The highest BCUT2D eigenvalue weighted by molar-refractivity contribution is 5.86. The quantitative estimate of drug-likeness (QED) is 0.495. The standard InChI is InChI=1S/C25H27FN4O5.2ClH/c26-18-3-1-15-2-4-23(32)30-17(14-35-25(18)24(15)30)12-29-6-5-19(20(31)13-29)28-10-16-9-21-22(11-27-16)34-8-7-33-21;;/h1-4,9,11,17,19-20,28,31H,5-8,10,12-14H2;2*1H/t17-,19+,20-;;/m1../s1. The average molecular weight is 555 g/mol. The van der Waals surface area contributed by atoms with Gasteiger partial charge in [0.05, 0.1) is 29.6 Å². The second-order valence-electron chi connectivity index (χ2n) is 9.24. The van der Waals surface area contributed by atoms with Gasteiger partial charge in [0, 0.05) is 43.2 Å². The molecular formula is C25H29Cl2FN4O5. The number of fused-ring (bicyclic) bond motifs is 1. The van der Waals surface area contributed by atoms with Gasteiger partial charge >= 0.3 is 0 Å². The van der Waals surface area contributed by atoms with Crippen molar-refractivity contribution < 1.29 is 23.7 Å². The first-order chi connectivity index (χ1) is 17.1. The molecule has 0 spiro atoms. The lowest BCUT2D eigenvalue weighted by Gasteiger charge is -2.39. The third-order valence-electron chi connectivity index (χ3n) is 6.95. The van der Waals surface area contributed by atoms with Crippen molar-refractivity contribution in [3.05, 3.63) is 58.4 Å². The topological polar surface area (TPSA) is 98.1 Å². The van der Waals surface area contributed by atoms with Crippen LogP contribution in [0.1, 0.15) is 18.2 Å². The first-order valence-electron chi connectivity index (χ1n) is 11.9. The molecule has 6 rings (SSSR count). The number of nitrogens with zero attached hydrogens (tertiary/aromatic N) is 3. The van der Waals surface area contributed by atoms with Crippen molar-refractivity contribution in [1.29, 1.82) is 0 Å². The van der Waals surface area contributed by atoms with Crippen LogP contribution in [0.15, 0.2) is 41.3 Å². The SMILES string of the molecule is Cl.Cl.O=c1ccc2ccc(F)c3c2n1[C@H](CN1CC[C@H](NCc2cc4c(cn2)OCCO4)[C@H](O)C1)CO3. The molecule has 9 nitrogen and oxygen atoms in total. The number of aromatic nitrogens is 2. The minimum absolute atomic E-state index is 0. The third-order valence-corrected chi connectivity index (χ3v) is 6.95. The van der Waals surface area contributed by atoms with Crippen LogP contribution in [0.4, 0.5) is 4.39 Å². The predicted molar refractivity (Wildman–Crippen MR) is 140 cm³/mol. The number of pyridine rings is 2. The van der Waals surface area contributed by atoms with Gasteiger partial charge < -0.3 is 24.6 Å². The van der Waals surface area contributed by atoms with Crippen molar-refractivity contribution >= 4 is 35.7 Å². The average Bonchev–Trinajstić information content (AvgIpc) is 2.87. The molecule has 2 N–H and O–H groups in total. The Labute approximate surface area is 225 Å². The molecule has 1 saturated heterocycles. The summed E-state index contributed by atoms with van der Waals surface area (Å²) in [7, 11) is 0. The van der Waals surface area contributed by atoms with Crippen molar-refractivity contribution in [2.75, 3.05) is 39.5 Å². The number of hydrogen-bond donors (Lipinski definition) is 2. The van der Waals surface area contributed by atoms with E-state index in [0.29, 0.717) is 49.9 Å². The Balaban J connectivity index is 0.00000160. The van der Waals surface area contributed by atoms with Crippen LogP contribution in [0.3, 0.4) is 0 Å². The molecule has 37 heavy (non-hydrogen) atoms. The lowest BCUT2D eigenvalue weighted by atomic mass is 10.0. The van der Waals surface area contributed by atoms with Crippen LogP contribution in [0.2, 0.25) is 0 Å².